The number of methoxy groups -OCH3 is 1. The third kappa shape index (κ3) is 4.46. The van der Waals surface area contributed by atoms with E-state index in [1.54, 1.807) is 7.11 Å². The second-order valence-electron chi connectivity index (χ2n) is 10.00. The van der Waals surface area contributed by atoms with Gasteiger partial charge in [0, 0.05) is 5.92 Å². The monoisotopic (exact) mass is 410 g/mol. The predicted octanol–water partition coefficient (Wildman–Crippen LogP) is 6.68. The second kappa shape index (κ2) is 9.18. The Morgan fingerprint density at radius 3 is 2.70 bits per heavy atom. The number of allylic oxidation sites excluding steroid dienone is 2. The summed E-state index contributed by atoms with van der Waals surface area (Å²) >= 11 is 0. The summed E-state index contributed by atoms with van der Waals surface area (Å²) in [6, 6.07) is 8.14. The van der Waals surface area contributed by atoms with Crippen molar-refractivity contribution in [1.82, 2.24) is 0 Å². The van der Waals surface area contributed by atoms with E-state index in [4.69, 9.17) is 14.2 Å². The molecule has 5 atom stereocenters. The summed E-state index contributed by atoms with van der Waals surface area (Å²) in [4.78, 5) is 0. The molecular weight excluding hydrogens is 372 g/mol. The molecule has 0 unspecified atom stereocenters. The Bertz CT molecular complexity index is 765. The first-order valence-electron chi connectivity index (χ1n) is 11.8. The van der Waals surface area contributed by atoms with E-state index in [9.17, 15) is 0 Å². The maximum absolute atomic E-state index is 6.50. The van der Waals surface area contributed by atoms with Crippen molar-refractivity contribution in [1.29, 1.82) is 0 Å². The van der Waals surface area contributed by atoms with E-state index in [0.717, 1.165) is 24.5 Å². The van der Waals surface area contributed by atoms with Crippen LogP contribution in [0, 0.1) is 23.2 Å². The highest BCUT2D eigenvalue weighted by molar-refractivity contribution is 5.26. The molecule has 4 rings (SSSR count). The third-order valence-corrected chi connectivity index (χ3v) is 7.72. The molecule has 1 aliphatic heterocycles. The maximum Gasteiger partial charge on any atom is 0.120 e. The van der Waals surface area contributed by atoms with Crippen molar-refractivity contribution in [3.8, 4) is 5.75 Å². The highest BCUT2D eigenvalue weighted by Gasteiger charge is 2.54. The van der Waals surface area contributed by atoms with E-state index < -0.39 is 0 Å². The summed E-state index contributed by atoms with van der Waals surface area (Å²) in [5.74, 6) is 3.38. The Balaban J connectivity index is 1.39. The molecule has 164 valence electrons. The van der Waals surface area contributed by atoms with Gasteiger partial charge < -0.3 is 14.2 Å². The van der Waals surface area contributed by atoms with Gasteiger partial charge >= 0.3 is 0 Å². The average molecular weight is 411 g/mol. The summed E-state index contributed by atoms with van der Waals surface area (Å²) in [5.41, 5.74) is 2.98. The van der Waals surface area contributed by atoms with Crippen molar-refractivity contribution < 1.29 is 14.2 Å². The Morgan fingerprint density at radius 2 is 1.93 bits per heavy atom. The topological polar surface area (TPSA) is 27.7 Å². The Labute approximate surface area is 182 Å². The van der Waals surface area contributed by atoms with Crippen LogP contribution in [0.2, 0.25) is 0 Å². The van der Waals surface area contributed by atoms with Crippen molar-refractivity contribution in [2.24, 2.45) is 23.2 Å². The lowest BCUT2D eigenvalue weighted by Gasteiger charge is -2.44. The van der Waals surface area contributed by atoms with Gasteiger partial charge in [-0.1, -0.05) is 45.1 Å². The van der Waals surface area contributed by atoms with Crippen LogP contribution in [0.1, 0.15) is 64.4 Å². The van der Waals surface area contributed by atoms with Gasteiger partial charge in [-0.25, -0.2) is 0 Å². The fraction of sp³-hybridized carbons (Fsp3) is 0.630. The van der Waals surface area contributed by atoms with E-state index in [1.165, 1.54) is 49.7 Å². The maximum atomic E-state index is 6.50. The molecule has 30 heavy (non-hydrogen) atoms. The zero-order chi connectivity index (χ0) is 21.1. The molecule has 3 heteroatoms. The van der Waals surface area contributed by atoms with E-state index in [2.05, 4.69) is 38.6 Å². The fourth-order valence-corrected chi connectivity index (χ4v) is 6.25. The van der Waals surface area contributed by atoms with Gasteiger partial charge in [-0.3, -0.25) is 0 Å². The fourth-order valence-electron chi connectivity index (χ4n) is 6.25. The van der Waals surface area contributed by atoms with Crippen LogP contribution in [0.15, 0.2) is 48.3 Å². The zero-order valence-corrected chi connectivity index (χ0v) is 19.0. The first-order valence-corrected chi connectivity index (χ1v) is 11.8. The molecule has 2 fully saturated rings. The van der Waals surface area contributed by atoms with E-state index in [-0.39, 0.29) is 11.5 Å². The summed E-state index contributed by atoms with van der Waals surface area (Å²) in [6.45, 7) is 10.7. The molecule has 3 nitrogen and oxygen atoms in total. The smallest absolute Gasteiger partial charge is 0.120 e. The number of fused-ring (bicyclic) bond motifs is 1. The molecular formula is C27H38O3. The van der Waals surface area contributed by atoms with Crippen molar-refractivity contribution in [3.63, 3.8) is 0 Å². The second-order valence-corrected chi connectivity index (χ2v) is 10.00. The Hall–Kier alpha value is -1.74. The van der Waals surface area contributed by atoms with Gasteiger partial charge in [-0.15, -0.1) is 0 Å². The number of rotatable bonds is 6. The zero-order valence-electron chi connectivity index (χ0n) is 19.0. The number of hydrogen-bond donors (Lipinski definition) is 0. The van der Waals surface area contributed by atoms with E-state index >= 15 is 0 Å². The number of hydrogen-bond acceptors (Lipinski definition) is 3. The lowest BCUT2D eigenvalue weighted by Crippen LogP contribution is -2.40. The molecule has 1 aromatic carbocycles. The van der Waals surface area contributed by atoms with Crippen molar-refractivity contribution in [2.75, 3.05) is 13.7 Å². The molecule has 1 heterocycles. The minimum Gasteiger partial charge on any atom is -0.497 e. The molecule has 0 radical (unpaired) electrons. The number of benzene rings is 1. The minimum absolute atomic E-state index is 0.239. The van der Waals surface area contributed by atoms with Crippen LogP contribution in [0.5, 0.6) is 5.75 Å². The van der Waals surface area contributed by atoms with Crippen molar-refractivity contribution in [2.45, 2.75) is 71.5 Å². The predicted molar refractivity (Wildman–Crippen MR) is 121 cm³/mol. The SMILES string of the molecule is C=C1O[C@H](C2=CCCCCC2)C[C@]2(C)C[C@H](C)[C@@H](COCc3ccc(OC)cc3)[C@H]12. The van der Waals surface area contributed by atoms with E-state index in [0.29, 0.717) is 24.4 Å². The van der Waals surface area contributed by atoms with Gasteiger partial charge in [0.15, 0.2) is 0 Å². The standard InChI is InChI=1S/C27H38O3/c1-19-15-27(3)16-25(22-9-7-5-6-8-10-22)30-20(2)26(27)24(19)18-29-17-21-11-13-23(28-4)14-12-21/h9,11-14,19,24-26H,2,5-8,10,15-18H2,1,3-4H3/t19-,24+,25-,26-,27-/m0/s1. The van der Waals surface area contributed by atoms with Crippen LogP contribution in [0.25, 0.3) is 0 Å². The lowest BCUT2D eigenvalue weighted by molar-refractivity contribution is -0.0286. The van der Waals surface area contributed by atoms with Crippen LogP contribution in [0.4, 0.5) is 0 Å². The largest absolute Gasteiger partial charge is 0.497 e. The first kappa shape index (κ1) is 21.5. The van der Waals surface area contributed by atoms with Gasteiger partial charge in [0.25, 0.3) is 0 Å². The van der Waals surface area contributed by atoms with Crippen LogP contribution < -0.4 is 4.74 Å². The summed E-state index contributed by atoms with van der Waals surface area (Å²) in [6.07, 6.45) is 11.4. The molecule has 0 bridgehead atoms. The molecule has 0 N–H and O–H groups in total. The van der Waals surface area contributed by atoms with Gasteiger partial charge in [-0.2, -0.15) is 0 Å². The van der Waals surface area contributed by atoms with Crippen LogP contribution >= 0.6 is 0 Å². The highest BCUT2D eigenvalue weighted by Crippen LogP contribution is 2.59. The summed E-state index contributed by atoms with van der Waals surface area (Å²) in [7, 11) is 1.69. The minimum atomic E-state index is 0.239. The van der Waals surface area contributed by atoms with Crippen LogP contribution in [0.3, 0.4) is 0 Å². The summed E-state index contributed by atoms with van der Waals surface area (Å²) in [5, 5.41) is 0. The molecule has 1 saturated heterocycles. The average Bonchev–Trinajstić information content (AvgIpc) is 2.90. The van der Waals surface area contributed by atoms with Gasteiger partial charge in [0.1, 0.15) is 11.9 Å². The molecule has 1 aromatic rings. The van der Waals surface area contributed by atoms with Gasteiger partial charge in [0.05, 0.1) is 26.1 Å². The van der Waals surface area contributed by atoms with E-state index in [1.807, 2.05) is 12.1 Å². The van der Waals surface area contributed by atoms with Crippen LogP contribution in [-0.4, -0.2) is 19.8 Å². The molecule has 1 saturated carbocycles. The molecule has 0 amide bonds. The number of ether oxygens (including phenoxy) is 3. The summed E-state index contributed by atoms with van der Waals surface area (Å²) < 4.78 is 17.9. The first-order chi connectivity index (χ1) is 14.5. The molecule has 0 spiro atoms. The third-order valence-electron chi connectivity index (χ3n) is 7.72. The van der Waals surface area contributed by atoms with Gasteiger partial charge in [0.2, 0.25) is 0 Å². The quantitative estimate of drug-likeness (QED) is 0.489. The van der Waals surface area contributed by atoms with Crippen molar-refractivity contribution >= 4 is 0 Å². The Kier molecular flexibility index (Phi) is 6.57. The highest BCUT2D eigenvalue weighted by atomic mass is 16.5. The van der Waals surface area contributed by atoms with Crippen LogP contribution in [-0.2, 0) is 16.1 Å². The normalized spacial score (nSPS) is 34.0. The lowest BCUT2D eigenvalue weighted by atomic mass is 9.69. The molecule has 3 aliphatic rings. The van der Waals surface area contributed by atoms with Gasteiger partial charge in [-0.05, 0) is 79.0 Å². The van der Waals surface area contributed by atoms with Crippen molar-refractivity contribution in [3.05, 3.63) is 53.8 Å². The Morgan fingerprint density at radius 1 is 1.13 bits per heavy atom. The molecule has 2 aliphatic carbocycles. The molecule has 0 aromatic heterocycles.